The third-order valence-electron chi connectivity index (χ3n) is 6.35. The molecule has 0 saturated heterocycles. The zero-order chi connectivity index (χ0) is 24.3. The molecular formula is C26H36N8. The van der Waals surface area contributed by atoms with Crippen LogP contribution in [-0.2, 0) is 18.4 Å². The maximum absolute atomic E-state index is 4.87. The predicted molar refractivity (Wildman–Crippen MR) is 134 cm³/mol. The van der Waals surface area contributed by atoms with Crippen molar-refractivity contribution >= 4 is 0 Å². The van der Waals surface area contributed by atoms with E-state index in [9.17, 15) is 0 Å². The molecule has 0 radical (unpaired) electrons. The van der Waals surface area contributed by atoms with Crippen molar-refractivity contribution in [2.24, 2.45) is 0 Å². The van der Waals surface area contributed by atoms with Crippen molar-refractivity contribution in [1.29, 1.82) is 0 Å². The number of aryl methyl sites for hydroxylation is 1. The number of benzene rings is 1. The number of hydrogen-bond donors (Lipinski definition) is 1. The van der Waals surface area contributed by atoms with E-state index >= 15 is 0 Å². The average molecular weight is 461 g/mol. The highest BCUT2D eigenvalue weighted by Crippen LogP contribution is 2.34. The van der Waals surface area contributed by atoms with Crippen LogP contribution in [0.3, 0.4) is 0 Å². The standard InChI is InChI=1S/C26H36N8/c1-7-9-10-22-27-25(18(3)8-2)34(30-22)17-19-11-13-20(14-12-19)33-16-15-21(26(4,5)6)23(33)24-28-31-32-29-24/h11-16,18H,7-10,17H2,1-6H3,(H,28,29,31,32). The highest BCUT2D eigenvalue weighted by molar-refractivity contribution is 5.62. The molecule has 0 amide bonds. The topological polar surface area (TPSA) is 90.1 Å². The third-order valence-corrected chi connectivity index (χ3v) is 6.35. The van der Waals surface area contributed by atoms with Crippen molar-refractivity contribution in [1.82, 2.24) is 40.0 Å². The van der Waals surface area contributed by atoms with Gasteiger partial charge in [0.15, 0.2) is 5.82 Å². The maximum atomic E-state index is 4.87. The normalized spacial score (nSPS) is 12.9. The fourth-order valence-corrected chi connectivity index (χ4v) is 4.19. The largest absolute Gasteiger partial charge is 0.313 e. The van der Waals surface area contributed by atoms with Crippen LogP contribution in [0.1, 0.15) is 89.5 Å². The van der Waals surface area contributed by atoms with E-state index in [1.54, 1.807) is 0 Å². The fraction of sp³-hybridized carbons (Fsp3) is 0.500. The lowest BCUT2D eigenvalue weighted by atomic mass is 9.87. The van der Waals surface area contributed by atoms with Crippen LogP contribution in [0.5, 0.6) is 0 Å². The SMILES string of the molecule is CCCCc1nc(C(C)CC)n(Cc2ccc(-n3ccc(C(C)(C)C)c3-c3nn[nH]n3)cc2)n1. The summed E-state index contributed by atoms with van der Waals surface area (Å²) in [5, 5.41) is 19.7. The Bertz CT molecular complexity index is 1190. The van der Waals surface area contributed by atoms with E-state index in [2.05, 4.69) is 108 Å². The van der Waals surface area contributed by atoms with E-state index < -0.39 is 0 Å². The predicted octanol–water partition coefficient (Wildman–Crippen LogP) is 5.45. The van der Waals surface area contributed by atoms with Crippen molar-refractivity contribution in [3.63, 3.8) is 0 Å². The number of aromatic nitrogens is 8. The Hall–Kier alpha value is -3.29. The first-order valence-corrected chi connectivity index (χ1v) is 12.3. The van der Waals surface area contributed by atoms with E-state index in [4.69, 9.17) is 10.1 Å². The molecule has 1 N–H and O–H groups in total. The van der Waals surface area contributed by atoms with Gasteiger partial charge in [0.2, 0.25) is 5.82 Å². The van der Waals surface area contributed by atoms with Gasteiger partial charge in [-0.15, -0.1) is 10.2 Å². The lowest BCUT2D eigenvalue weighted by Gasteiger charge is -2.19. The number of rotatable bonds is 9. The van der Waals surface area contributed by atoms with E-state index in [0.29, 0.717) is 11.7 Å². The monoisotopic (exact) mass is 460 g/mol. The molecule has 0 saturated carbocycles. The van der Waals surface area contributed by atoms with Crippen molar-refractivity contribution < 1.29 is 0 Å². The number of nitrogens with zero attached hydrogens (tertiary/aromatic N) is 7. The minimum absolute atomic E-state index is 0.0455. The Morgan fingerprint density at radius 1 is 1.06 bits per heavy atom. The molecule has 0 fully saturated rings. The van der Waals surface area contributed by atoms with Crippen LogP contribution in [0, 0.1) is 0 Å². The van der Waals surface area contributed by atoms with Crippen molar-refractivity contribution in [3.8, 4) is 17.2 Å². The van der Waals surface area contributed by atoms with Gasteiger partial charge in [-0.3, -0.25) is 0 Å². The summed E-state index contributed by atoms with van der Waals surface area (Å²) in [5.41, 5.74) is 4.35. The van der Waals surface area contributed by atoms with Gasteiger partial charge in [-0.2, -0.15) is 10.3 Å². The van der Waals surface area contributed by atoms with E-state index in [1.165, 1.54) is 11.1 Å². The molecule has 0 aliphatic rings. The van der Waals surface area contributed by atoms with Crippen LogP contribution >= 0.6 is 0 Å². The lowest BCUT2D eigenvalue weighted by Crippen LogP contribution is -2.13. The van der Waals surface area contributed by atoms with Crippen LogP contribution in [-0.4, -0.2) is 40.0 Å². The molecule has 1 aromatic carbocycles. The zero-order valence-corrected chi connectivity index (χ0v) is 21.2. The first-order chi connectivity index (χ1) is 16.3. The molecule has 3 aromatic heterocycles. The Balaban J connectivity index is 1.63. The molecule has 34 heavy (non-hydrogen) atoms. The summed E-state index contributed by atoms with van der Waals surface area (Å²) in [6.45, 7) is 13.9. The van der Waals surface area contributed by atoms with Crippen molar-refractivity contribution in [2.45, 2.75) is 85.1 Å². The van der Waals surface area contributed by atoms with E-state index in [1.807, 2.05) is 0 Å². The van der Waals surface area contributed by atoms with Gasteiger partial charge in [-0.1, -0.05) is 60.1 Å². The molecule has 0 aliphatic heterocycles. The zero-order valence-electron chi connectivity index (χ0n) is 21.2. The molecule has 3 heterocycles. The molecular weight excluding hydrogens is 424 g/mol. The number of unbranched alkanes of at least 4 members (excludes halogenated alkanes) is 1. The molecule has 1 unspecified atom stereocenters. The molecule has 0 bridgehead atoms. The van der Waals surface area contributed by atoms with E-state index in [0.717, 1.165) is 55.3 Å². The minimum Gasteiger partial charge on any atom is -0.313 e. The fourth-order valence-electron chi connectivity index (χ4n) is 4.19. The van der Waals surface area contributed by atoms with Gasteiger partial charge in [0.1, 0.15) is 5.82 Å². The second-order valence-corrected chi connectivity index (χ2v) is 10.1. The smallest absolute Gasteiger partial charge is 0.221 e. The van der Waals surface area contributed by atoms with Crippen LogP contribution in [0.25, 0.3) is 17.2 Å². The van der Waals surface area contributed by atoms with Gasteiger partial charge < -0.3 is 4.57 Å². The summed E-state index contributed by atoms with van der Waals surface area (Å²) in [5.74, 6) is 3.02. The molecule has 4 aromatic rings. The highest BCUT2D eigenvalue weighted by Gasteiger charge is 2.25. The molecule has 180 valence electrons. The molecule has 0 aliphatic carbocycles. The second-order valence-electron chi connectivity index (χ2n) is 10.1. The maximum Gasteiger partial charge on any atom is 0.221 e. The van der Waals surface area contributed by atoms with Crippen LogP contribution < -0.4 is 0 Å². The van der Waals surface area contributed by atoms with Gasteiger partial charge in [0, 0.05) is 24.2 Å². The molecule has 1 atom stereocenters. The Morgan fingerprint density at radius 3 is 2.44 bits per heavy atom. The Morgan fingerprint density at radius 2 is 1.82 bits per heavy atom. The Kier molecular flexibility index (Phi) is 6.95. The number of hydrogen-bond acceptors (Lipinski definition) is 5. The van der Waals surface area contributed by atoms with Crippen LogP contribution in [0.2, 0.25) is 0 Å². The first kappa shape index (κ1) is 23.9. The summed E-state index contributed by atoms with van der Waals surface area (Å²) in [7, 11) is 0. The third kappa shape index (κ3) is 4.95. The van der Waals surface area contributed by atoms with Crippen LogP contribution in [0.15, 0.2) is 36.5 Å². The quantitative estimate of drug-likeness (QED) is 0.359. The minimum atomic E-state index is -0.0455. The molecule has 4 rings (SSSR count). The van der Waals surface area contributed by atoms with Crippen molar-refractivity contribution in [2.75, 3.05) is 0 Å². The second kappa shape index (κ2) is 9.91. The van der Waals surface area contributed by atoms with Gasteiger partial charge in [0.25, 0.3) is 0 Å². The van der Waals surface area contributed by atoms with Crippen molar-refractivity contribution in [3.05, 3.63) is 59.3 Å². The molecule has 8 heteroatoms. The van der Waals surface area contributed by atoms with Gasteiger partial charge >= 0.3 is 0 Å². The summed E-state index contributed by atoms with van der Waals surface area (Å²) in [6.07, 6.45) is 6.34. The first-order valence-electron chi connectivity index (χ1n) is 12.3. The summed E-state index contributed by atoms with van der Waals surface area (Å²) < 4.78 is 4.23. The van der Waals surface area contributed by atoms with Gasteiger partial charge in [-0.25, -0.2) is 9.67 Å². The number of tetrazole rings is 1. The summed E-state index contributed by atoms with van der Waals surface area (Å²) in [6, 6.07) is 10.8. The Labute approximate surface area is 201 Å². The van der Waals surface area contributed by atoms with Crippen LogP contribution in [0.4, 0.5) is 0 Å². The molecule has 0 spiro atoms. The average Bonchev–Trinajstić information content (AvgIpc) is 3.56. The lowest BCUT2D eigenvalue weighted by molar-refractivity contribution is 0.574. The summed E-state index contributed by atoms with van der Waals surface area (Å²) >= 11 is 0. The molecule has 8 nitrogen and oxygen atoms in total. The number of aromatic amines is 1. The number of nitrogens with one attached hydrogen (secondary N) is 1. The van der Waals surface area contributed by atoms with E-state index in [-0.39, 0.29) is 5.41 Å². The number of H-pyrrole nitrogens is 1. The van der Waals surface area contributed by atoms with Gasteiger partial charge in [0.05, 0.1) is 12.2 Å². The summed E-state index contributed by atoms with van der Waals surface area (Å²) in [4.78, 5) is 4.87. The highest BCUT2D eigenvalue weighted by atomic mass is 15.5. The van der Waals surface area contributed by atoms with Gasteiger partial charge in [-0.05, 0) is 52.8 Å².